The van der Waals surface area contributed by atoms with E-state index in [9.17, 15) is 14.0 Å². The summed E-state index contributed by atoms with van der Waals surface area (Å²) in [5.74, 6) is -1.13. The molecule has 0 unspecified atom stereocenters. The van der Waals surface area contributed by atoms with E-state index in [1.807, 2.05) is 6.07 Å². The predicted octanol–water partition coefficient (Wildman–Crippen LogP) is 3.38. The quantitative estimate of drug-likeness (QED) is 0.444. The van der Waals surface area contributed by atoms with Gasteiger partial charge in [0.15, 0.2) is 0 Å². The van der Waals surface area contributed by atoms with Crippen LogP contribution in [-0.2, 0) is 11.3 Å². The summed E-state index contributed by atoms with van der Waals surface area (Å²) in [6, 6.07) is 14.1. The fourth-order valence-electron chi connectivity index (χ4n) is 2.50. The Morgan fingerprint density at radius 1 is 1.10 bits per heavy atom. The second-order valence-electron chi connectivity index (χ2n) is 6.22. The highest BCUT2D eigenvalue weighted by atomic mass is 19.1. The molecule has 0 aliphatic carbocycles. The van der Waals surface area contributed by atoms with Gasteiger partial charge in [-0.3, -0.25) is 14.6 Å². The van der Waals surface area contributed by atoms with Crippen LogP contribution in [0.4, 0.5) is 15.8 Å². The van der Waals surface area contributed by atoms with E-state index in [-0.39, 0.29) is 17.3 Å². The molecule has 1 heterocycles. The minimum Gasteiger partial charge on any atom is -0.397 e. The fourth-order valence-corrected chi connectivity index (χ4v) is 2.50. The molecule has 0 radical (unpaired) electrons. The lowest BCUT2D eigenvalue weighted by atomic mass is 10.1. The highest BCUT2D eigenvalue weighted by Gasteiger charge is 2.09. The van der Waals surface area contributed by atoms with Crippen molar-refractivity contribution in [2.45, 2.75) is 6.54 Å². The third-order valence-corrected chi connectivity index (χ3v) is 4.06. The van der Waals surface area contributed by atoms with Crippen molar-refractivity contribution in [2.24, 2.45) is 0 Å². The normalized spacial score (nSPS) is 10.7. The Balaban J connectivity index is 1.54. The number of carbonyl (C=O) groups is 2. The van der Waals surface area contributed by atoms with Gasteiger partial charge in [-0.05, 0) is 53.6 Å². The van der Waals surface area contributed by atoms with E-state index in [1.165, 1.54) is 18.2 Å². The topological polar surface area (TPSA) is 97.1 Å². The van der Waals surface area contributed by atoms with Gasteiger partial charge < -0.3 is 16.4 Å². The standard InChI is InChI=1S/C22H19FN4O2/c23-18-8-9-19(24)20(12-18)27-22(29)17-6-3-16(4-7-17)14-26-21(28)10-5-15-2-1-11-25-13-15/h1-13H,14,24H2,(H,26,28)(H,27,29)/b10-5-. The number of aromatic nitrogens is 1. The van der Waals surface area contributed by atoms with Gasteiger partial charge in [-0.1, -0.05) is 18.2 Å². The molecule has 0 saturated heterocycles. The second kappa shape index (κ2) is 9.27. The molecule has 29 heavy (non-hydrogen) atoms. The molecule has 2 amide bonds. The average Bonchev–Trinajstić information content (AvgIpc) is 2.74. The van der Waals surface area contributed by atoms with Gasteiger partial charge in [-0.25, -0.2) is 4.39 Å². The highest BCUT2D eigenvalue weighted by molar-refractivity contribution is 6.05. The van der Waals surface area contributed by atoms with E-state index in [0.717, 1.165) is 17.2 Å². The molecule has 3 rings (SSSR count). The molecule has 0 spiro atoms. The monoisotopic (exact) mass is 390 g/mol. The van der Waals surface area contributed by atoms with E-state index in [0.29, 0.717) is 12.1 Å². The first-order valence-electron chi connectivity index (χ1n) is 8.82. The lowest BCUT2D eigenvalue weighted by Crippen LogP contribution is -2.20. The number of nitrogen functional groups attached to an aromatic ring is 1. The van der Waals surface area contributed by atoms with Crippen LogP contribution in [0.3, 0.4) is 0 Å². The van der Waals surface area contributed by atoms with Gasteiger partial charge in [0.2, 0.25) is 5.91 Å². The molecule has 7 heteroatoms. The van der Waals surface area contributed by atoms with Crippen LogP contribution in [0.2, 0.25) is 0 Å². The average molecular weight is 390 g/mol. The largest absolute Gasteiger partial charge is 0.397 e. The first-order chi connectivity index (χ1) is 14.0. The third-order valence-electron chi connectivity index (χ3n) is 4.06. The number of hydrogen-bond acceptors (Lipinski definition) is 4. The summed E-state index contributed by atoms with van der Waals surface area (Å²) in [6.07, 6.45) is 6.43. The van der Waals surface area contributed by atoms with Crippen LogP contribution < -0.4 is 16.4 Å². The van der Waals surface area contributed by atoms with Crippen molar-refractivity contribution in [3.63, 3.8) is 0 Å². The van der Waals surface area contributed by atoms with Gasteiger partial charge >= 0.3 is 0 Å². The molecular weight excluding hydrogens is 371 g/mol. The van der Waals surface area contributed by atoms with Crippen molar-refractivity contribution in [1.29, 1.82) is 0 Å². The van der Waals surface area contributed by atoms with E-state index in [1.54, 1.807) is 48.8 Å². The summed E-state index contributed by atoms with van der Waals surface area (Å²) < 4.78 is 13.3. The van der Waals surface area contributed by atoms with Crippen LogP contribution in [0.15, 0.2) is 73.1 Å². The molecule has 3 aromatic rings. The number of anilines is 2. The van der Waals surface area contributed by atoms with Crippen LogP contribution in [0, 0.1) is 5.82 Å². The first kappa shape index (κ1) is 19.8. The van der Waals surface area contributed by atoms with E-state index in [2.05, 4.69) is 15.6 Å². The molecule has 146 valence electrons. The summed E-state index contributed by atoms with van der Waals surface area (Å²) >= 11 is 0. The lowest BCUT2D eigenvalue weighted by molar-refractivity contribution is -0.116. The van der Waals surface area contributed by atoms with Crippen molar-refractivity contribution >= 4 is 29.3 Å². The Morgan fingerprint density at radius 3 is 2.62 bits per heavy atom. The van der Waals surface area contributed by atoms with Crippen LogP contribution in [0.5, 0.6) is 0 Å². The van der Waals surface area contributed by atoms with Crippen LogP contribution in [-0.4, -0.2) is 16.8 Å². The number of nitrogens with two attached hydrogens (primary N) is 1. The predicted molar refractivity (Wildman–Crippen MR) is 110 cm³/mol. The van der Waals surface area contributed by atoms with Crippen LogP contribution in [0.1, 0.15) is 21.5 Å². The zero-order valence-electron chi connectivity index (χ0n) is 15.4. The van der Waals surface area contributed by atoms with E-state index < -0.39 is 11.7 Å². The van der Waals surface area contributed by atoms with Crippen molar-refractivity contribution in [2.75, 3.05) is 11.1 Å². The Labute approximate surface area is 167 Å². The Hall–Kier alpha value is -4.00. The molecule has 0 aliphatic heterocycles. The van der Waals surface area contributed by atoms with Crippen molar-refractivity contribution < 1.29 is 14.0 Å². The Bertz CT molecular complexity index is 1030. The maximum Gasteiger partial charge on any atom is 0.255 e. The van der Waals surface area contributed by atoms with E-state index in [4.69, 9.17) is 5.73 Å². The summed E-state index contributed by atoms with van der Waals surface area (Å²) in [5.41, 5.74) is 8.28. The van der Waals surface area contributed by atoms with E-state index >= 15 is 0 Å². The van der Waals surface area contributed by atoms with Gasteiger partial charge in [0.1, 0.15) is 5.82 Å². The van der Waals surface area contributed by atoms with Gasteiger partial charge in [-0.15, -0.1) is 0 Å². The van der Waals surface area contributed by atoms with Crippen LogP contribution in [0.25, 0.3) is 6.08 Å². The molecule has 2 aromatic carbocycles. The number of hydrogen-bond donors (Lipinski definition) is 3. The number of rotatable bonds is 6. The number of benzene rings is 2. The third kappa shape index (κ3) is 5.74. The van der Waals surface area contributed by atoms with Crippen LogP contribution >= 0.6 is 0 Å². The Morgan fingerprint density at radius 2 is 1.90 bits per heavy atom. The molecular formula is C22H19FN4O2. The SMILES string of the molecule is Nc1ccc(F)cc1NC(=O)c1ccc(CNC(=O)/C=C\c2cccnc2)cc1. The van der Waals surface area contributed by atoms with Crippen molar-refractivity contribution in [1.82, 2.24) is 10.3 Å². The van der Waals surface area contributed by atoms with Crippen molar-refractivity contribution in [3.8, 4) is 0 Å². The number of carbonyl (C=O) groups excluding carboxylic acids is 2. The first-order valence-corrected chi connectivity index (χ1v) is 8.82. The molecule has 0 aliphatic rings. The zero-order chi connectivity index (χ0) is 20.6. The number of pyridine rings is 1. The summed E-state index contributed by atoms with van der Waals surface area (Å²) in [7, 11) is 0. The maximum absolute atomic E-state index is 13.3. The molecule has 4 N–H and O–H groups in total. The van der Waals surface area contributed by atoms with Gasteiger partial charge in [0.05, 0.1) is 11.4 Å². The number of nitrogens with one attached hydrogen (secondary N) is 2. The molecule has 0 atom stereocenters. The zero-order valence-corrected chi connectivity index (χ0v) is 15.4. The highest BCUT2D eigenvalue weighted by Crippen LogP contribution is 2.20. The van der Waals surface area contributed by atoms with Gasteiger partial charge in [0.25, 0.3) is 5.91 Å². The van der Waals surface area contributed by atoms with Gasteiger partial charge in [0, 0.05) is 30.6 Å². The molecule has 6 nitrogen and oxygen atoms in total. The number of halogens is 1. The Kier molecular flexibility index (Phi) is 6.32. The summed E-state index contributed by atoms with van der Waals surface area (Å²) in [6.45, 7) is 0.314. The second-order valence-corrected chi connectivity index (χ2v) is 6.22. The molecule has 0 saturated carbocycles. The molecule has 0 bridgehead atoms. The lowest BCUT2D eigenvalue weighted by Gasteiger charge is -2.09. The summed E-state index contributed by atoms with van der Waals surface area (Å²) in [4.78, 5) is 28.2. The fraction of sp³-hybridized carbons (Fsp3) is 0.0455. The minimum absolute atomic E-state index is 0.215. The maximum atomic E-state index is 13.3. The van der Waals surface area contributed by atoms with Crippen molar-refractivity contribution in [3.05, 3.63) is 95.6 Å². The smallest absolute Gasteiger partial charge is 0.255 e. The van der Waals surface area contributed by atoms with Gasteiger partial charge in [-0.2, -0.15) is 0 Å². The number of amides is 2. The molecule has 0 fully saturated rings. The summed E-state index contributed by atoms with van der Waals surface area (Å²) in [5, 5.41) is 5.35. The molecule has 1 aromatic heterocycles. The minimum atomic E-state index is -0.488. The number of nitrogens with zero attached hydrogens (tertiary/aromatic N) is 1.